The van der Waals surface area contributed by atoms with Crippen LogP contribution in [0.4, 0.5) is 15.8 Å². The maximum Gasteiger partial charge on any atom is 0.269 e. The topological polar surface area (TPSA) is 68.0 Å². The fraction of sp³-hybridized carbons (Fsp3) is 0.316. The van der Waals surface area contributed by atoms with Crippen molar-refractivity contribution >= 4 is 17.6 Å². The van der Waals surface area contributed by atoms with Gasteiger partial charge in [0, 0.05) is 30.8 Å². The third-order valence-corrected chi connectivity index (χ3v) is 4.40. The van der Waals surface area contributed by atoms with E-state index in [1.807, 2.05) is 13.0 Å². The summed E-state index contributed by atoms with van der Waals surface area (Å²) in [7, 11) is 0. The molecule has 0 amide bonds. The minimum atomic E-state index is -0.458. The fourth-order valence-corrected chi connectivity index (χ4v) is 2.99. The van der Waals surface area contributed by atoms with Crippen molar-refractivity contribution in [3.05, 3.63) is 69.0 Å². The highest BCUT2D eigenvalue weighted by Crippen LogP contribution is 2.26. The molecule has 6 nitrogen and oxygen atoms in total. The molecule has 0 atom stereocenters. The number of nitro benzene ring substituents is 1. The van der Waals surface area contributed by atoms with Crippen LogP contribution in [0.1, 0.15) is 29.5 Å². The predicted octanol–water partition coefficient (Wildman–Crippen LogP) is 4.19. The number of halogens is 1. The number of nitro groups is 1. The van der Waals surface area contributed by atoms with Gasteiger partial charge in [0.15, 0.2) is 0 Å². The lowest BCUT2D eigenvalue weighted by Gasteiger charge is -2.19. The van der Waals surface area contributed by atoms with Crippen LogP contribution in [0.15, 0.2) is 41.6 Å². The quantitative estimate of drug-likeness (QED) is 0.442. The highest BCUT2D eigenvalue weighted by atomic mass is 19.1. The number of hydrogen-bond acceptors (Lipinski definition) is 5. The summed E-state index contributed by atoms with van der Waals surface area (Å²) in [5.74, 6) is -0.266. The van der Waals surface area contributed by atoms with Gasteiger partial charge in [0.1, 0.15) is 12.4 Å². The van der Waals surface area contributed by atoms with Crippen molar-refractivity contribution in [2.75, 3.05) is 18.0 Å². The Morgan fingerprint density at radius 3 is 2.81 bits per heavy atom. The Labute approximate surface area is 151 Å². The molecule has 0 aliphatic carbocycles. The van der Waals surface area contributed by atoms with Gasteiger partial charge in [0.25, 0.3) is 5.69 Å². The molecule has 0 unspecified atom stereocenters. The van der Waals surface area contributed by atoms with Crippen molar-refractivity contribution in [1.29, 1.82) is 0 Å². The van der Waals surface area contributed by atoms with Crippen LogP contribution in [0, 0.1) is 22.9 Å². The smallest absolute Gasteiger partial charge is 0.269 e. The number of benzene rings is 2. The minimum Gasteiger partial charge on any atom is -0.391 e. The van der Waals surface area contributed by atoms with Crippen LogP contribution >= 0.6 is 0 Å². The van der Waals surface area contributed by atoms with Crippen LogP contribution in [-0.4, -0.2) is 24.2 Å². The fourth-order valence-electron chi connectivity index (χ4n) is 2.99. The number of rotatable bonds is 6. The second-order valence-electron chi connectivity index (χ2n) is 6.29. The molecule has 1 fully saturated rings. The van der Waals surface area contributed by atoms with Crippen LogP contribution in [0.25, 0.3) is 0 Å². The second kappa shape index (κ2) is 7.95. The molecular formula is C19H20FN3O3. The van der Waals surface area contributed by atoms with Gasteiger partial charge >= 0.3 is 0 Å². The van der Waals surface area contributed by atoms with Crippen molar-refractivity contribution in [1.82, 2.24) is 0 Å². The molecule has 2 aromatic rings. The van der Waals surface area contributed by atoms with Gasteiger partial charge in [-0.2, -0.15) is 0 Å². The van der Waals surface area contributed by atoms with Gasteiger partial charge in [-0.05, 0) is 43.0 Å². The standard InChI is InChI=1S/C19H20FN3O3/c1-14-9-19(22-7-2-3-8-22)18(20)11-16(14)12-21-26-13-15-5-4-6-17(10-15)23(24)25/h4-6,9-12H,2-3,7-8,13H2,1H3/b21-12-. The van der Waals surface area contributed by atoms with Gasteiger partial charge < -0.3 is 9.74 Å². The summed E-state index contributed by atoms with van der Waals surface area (Å²) >= 11 is 0. The Morgan fingerprint density at radius 1 is 1.31 bits per heavy atom. The van der Waals surface area contributed by atoms with Gasteiger partial charge in [-0.25, -0.2) is 4.39 Å². The number of hydrogen-bond donors (Lipinski definition) is 0. The molecule has 0 saturated carbocycles. The van der Waals surface area contributed by atoms with E-state index >= 15 is 0 Å². The number of oxime groups is 1. The van der Waals surface area contributed by atoms with E-state index in [-0.39, 0.29) is 18.1 Å². The third kappa shape index (κ3) is 4.17. The first-order valence-electron chi connectivity index (χ1n) is 8.48. The van der Waals surface area contributed by atoms with Crippen LogP contribution in [0.5, 0.6) is 0 Å². The van der Waals surface area contributed by atoms with Gasteiger partial charge in [-0.15, -0.1) is 0 Å². The second-order valence-corrected chi connectivity index (χ2v) is 6.29. The Morgan fingerprint density at radius 2 is 2.08 bits per heavy atom. The lowest BCUT2D eigenvalue weighted by Crippen LogP contribution is -2.19. The molecule has 1 saturated heterocycles. The number of anilines is 1. The van der Waals surface area contributed by atoms with E-state index < -0.39 is 4.92 Å². The molecule has 2 aromatic carbocycles. The van der Waals surface area contributed by atoms with E-state index in [1.165, 1.54) is 24.4 Å². The normalized spacial score (nSPS) is 14.2. The zero-order valence-electron chi connectivity index (χ0n) is 14.5. The van der Waals surface area contributed by atoms with E-state index in [2.05, 4.69) is 10.1 Å². The summed E-state index contributed by atoms with van der Waals surface area (Å²) < 4.78 is 14.4. The molecule has 0 spiro atoms. The van der Waals surface area contributed by atoms with Crippen LogP contribution < -0.4 is 4.90 Å². The zero-order valence-corrected chi connectivity index (χ0v) is 14.5. The van der Waals surface area contributed by atoms with E-state index in [1.54, 1.807) is 12.1 Å². The van der Waals surface area contributed by atoms with Crippen LogP contribution in [-0.2, 0) is 11.4 Å². The minimum absolute atomic E-state index is 0.00509. The molecule has 7 heteroatoms. The van der Waals surface area contributed by atoms with Crippen molar-refractivity contribution in [3.8, 4) is 0 Å². The maximum atomic E-state index is 14.4. The average molecular weight is 357 g/mol. The Kier molecular flexibility index (Phi) is 5.46. The summed E-state index contributed by atoms with van der Waals surface area (Å²) in [4.78, 5) is 17.6. The SMILES string of the molecule is Cc1cc(N2CCCC2)c(F)cc1/C=N\OCc1cccc([N+](=O)[O-])c1. The Hall–Kier alpha value is -2.96. The molecule has 3 rings (SSSR count). The molecule has 136 valence electrons. The number of aryl methyl sites for hydroxylation is 1. The maximum absolute atomic E-state index is 14.4. The summed E-state index contributed by atoms with van der Waals surface area (Å²) in [5, 5.41) is 14.6. The summed E-state index contributed by atoms with van der Waals surface area (Å²) in [6.07, 6.45) is 3.64. The van der Waals surface area contributed by atoms with Gasteiger partial charge in [-0.1, -0.05) is 17.3 Å². The lowest BCUT2D eigenvalue weighted by molar-refractivity contribution is -0.384. The summed E-state index contributed by atoms with van der Waals surface area (Å²) in [5.41, 5.74) is 2.84. The first-order chi connectivity index (χ1) is 12.5. The van der Waals surface area contributed by atoms with E-state index in [0.29, 0.717) is 16.8 Å². The average Bonchev–Trinajstić information content (AvgIpc) is 3.15. The highest BCUT2D eigenvalue weighted by Gasteiger charge is 2.17. The molecule has 1 heterocycles. The monoisotopic (exact) mass is 357 g/mol. The predicted molar refractivity (Wildman–Crippen MR) is 98.1 cm³/mol. The molecule has 0 aromatic heterocycles. The first kappa shape index (κ1) is 17.8. The van der Waals surface area contributed by atoms with E-state index in [4.69, 9.17) is 4.84 Å². The summed E-state index contributed by atoms with van der Waals surface area (Å²) in [6.45, 7) is 3.78. The Bertz CT molecular complexity index is 833. The van der Waals surface area contributed by atoms with Gasteiger partial charge in [0.05, 0.1) is 16.8 Å². The Balaban J connectivity index is 1.64. The molecule has 0 bridgehead atoms. The molecule has 0 N–H and O–H groups in total. The molecule has 1 aliphatic rings. The van der Waals surface area contributed by atoms with Crippen molar-refractivity contribution in [3.63, 3.8) is 0 Å². The van der Waals surface area contributed by atoms with Gasteiger partial charge in [0.2, 0.25) is 0 Å². The van der Waals surface area contributed by atoms with Crippen molar-refractivity contribution < 1.29 is 14.2 Å². The van der Waals surface area contributed by atoms with E-state index in [9.17, 15) is 14.5 Å². The lowest BCUT2D eigenvalue weighted by atomic mass is 10.1. The highest BCUT2D eigenvalue weighted by molar-refractivity contribution is 5.82. The van der Waals surface area contributed by atoms with Crippen molar-refractivity contribution in [2.24, 2.45) is 5.16 Å². The third-order valence-electron chi connectivity index (χ3n) is 4.40. The summed E-state index contributed by atoms with van der Waals surface area (Å²) in [6, 6.07) is 9.47. The zero-order chi connectivity index (χ0) is 18.5. The molecular weight excluding hydrogens is 337 g/mol. The molecule has 1 aliphatic heterocycles. The van der Waals surface area contributed by atoms with Crippen molar-refractivity contribution in [2.45, 2.75) is 26.4 Å². The van der Waals surface area contributed by atoms with E-state index in [0.717, 1.165) is 31.5 Å². The first-order valence-corrected chi connectivity index (χ1v) is 8.48. The van der Waals surface area contributed by atoms with Crippen LogP contribution in [0.2, 0.25) is 0 Å². The molecule has 0 radical (unpaired) electrons. The largest absolute Gasteiger partial charge is 0.391 e. The van der Waals surface area contributed by atoms with Crippen LogP contribution in [0.3, 0.4) is 0 Å². The number of nitrogens with zero attached hydrogens (tertiary/aromatic N) is 3. The number of non-ortho nitro benzene ring substituents is 1. The molecule has 26 heavy (non-hydrogen) atoms. The van der Waals surface area contributed by atoms with Gasteiger partial charge in [-0.3, -0.25) is 10.1 Å².